The minimum atomic E-state index is -0.795. The summed E-state index contributed by atoms with van der Waals surface area (Å²) in [4.78, 5) is 0. The van der Waals surface area contributed by atoms with Gasteiger partial charge in [0.25, 0.3) is 0 Å². The van der Waals surface area contributed by atoms with Crippen LogP contribution in [0.25, 0.3) is 0 Å². The Kier molecular flexibility index (Phi) is 12.7. The Morgan fingerprint density at radius 2 is 0.535 bits per heavy atom. The van der Waals surface area contributed by atoms with Crippen molar-refractivity contribution < 1.29 is 4.74 Å². The Morgan fingerprint density at radius 3 is 0.814 bits per heavy atom. The standard InChI is InChI=1S/C36H28OP2.2C2H6/c1-5-17-29(18-6-1)38(30-19-7-2-8-20-30)35-27-15-13-25-33(35)37-34-26-14-16-28-36(34)39(31-21-9-3-10-22-31)32-23-11-4-12-24-32;2*1-2/h1-28H;2*1-2H3. The number of para-hydroxylation sites is 2. The van der Waals surface area contributed by atoms with E-state index in [1.54, 1.807) is 0 Å². The van der Waals surface area contributed by atoms with E-state index in [9.17, 15) is 0 Å². The molecule has 216 valence electrons. The second-order valence-corrected chi connectivity index (χ2v) is 13.4. The third-order valence-corrected chi connectivity index (χ3v) is 11.5. The fourth-order valence-electron chi connectivity index (χ4n) is 4.74. The molecule has 0 atom stereocenters. The summed E-state index contributed by atoms with van der Waals surface area (Å²) in [5.41, 5.74) is 0. The molecule has 0 spiro atoms. The van der Waals surface area contributed by atoms with Crippen LogP contribution in [0, 0.1) is 0 Å². The molecule has 0 aliphatic carbocycles. The number of hydrogen-bond donors (Lipinski definition) is 0. The lowest BCUT2D eigenvalue weighted by Gasteiger charge is -2.25. The highest BCUT2D eigenvalue weighted by Crippen LogP contribution is 2.40. The summed E-state index contributed by atoms with van der Waals surface area (Å²) in [7, 11) is -1.59. The van der Waals surface area contributed by atoms with Crippen LogP contribution >= 0.6 is 15.8 Å². The zero-order chi connectivity index (χ0) is 30.3. The highest BCUT2D eigenvalue weighted by Gasteiger charge is 2.23. The molecule has 6 aromatic carbocycles. The summed E-state index contributed by atoms with van der Waals surface area (Å²) < 4.78 is 6.92. The van der Waals surface area contributed by atoms with Crippen molar-refractivity contribution in [2.24, 2.45) is 0 Å². The number of benzene rings is 6. The van der Waals surface area contributed by atoms with E-state index in [-0.39, 0.29) is 0 Å². The molecule has 0 unspecified atom stereocenters. The van der Waals surface area contributed by atoms with Crippen molar-refractivity contribution >= 4 is 47.7 Å². The van der Waals surface area contributed by atoms with Crippen LogP contribution in [0.2, 0.25) is 0 Å². The van der Waals surface area contributed by atoms with Crippen molar-refractivity contribution in [1.29, 1.82) is 0 Å². The van der Waals surface area contributed by atoms with Gasteiger partial charge in [0.05, 0.1) is 0 Å². The third kappa shape index (κ3) is 8.09. The first-order valence-electron chi connectivity index (χ1n) is 15.0. The topological polar surface area (TPSA) is 9.23 Å². The Morgan fingerprint density at radius 1 is 0.302 bits per heavy atom. The lowest BCUT2D eigenvalue weighted by Crippen LogP contribution is -2.23. The van der Waals surface area contributed by atoms with Crippen LogP contribution in [0.3, 0.4) is 0 Å². The van der Waals surface area contributed by atoms with Gasteiger partial charge in [-0.1, -0.05) is 185 Å². The Balaban J connectivity index is 0.00000102. The van der Waals surface area contributed by atoms with Gasteiger partial charge < -0.3 is 4.74 Å². The normalized spacial score (nSPS) is 10.3. The van der Waals surface area contributed by atoms with Gasteiger partial charge in [-0.05, 0) is 49.2 Å². The highest BCUT2D eigenvalue weighted by atomic mass is 31.1. The van der Waals surface area contributed by atoms with Gasteiger partial charge in [0.2, 0.25) is 0 Å². The summed E-state index contributed by atoms with van der Waals surface area (Å²) in [5, 5.41) is 7.64. The smallest absolute Gasteiger partial charge is 0.135 e. The zero-order valence-electron chi connectivity index (χ0n) is 25.5. The monoisotopic (exact) mass is 598 g/mol. The van der Waals surface area contributed by atoms with Crippen LogP contribution in [0.5, 0.6) is 11.5 Å². The van der Waals surface area contributed by atoms with Gasteiger partial charge >= 0.3 is 0 Å². The number of ether oxygens (including phenoxy) is 1. The summed E-state index contributed by atoms with van der Waals surface area (Å²) >= 11 is 0. The molecule has 0 fully saturated rings. The van der Waals surface area contributed by atoms with Gasteiger partial charge in [0, 0.05) is 10.6 Å². The van der Waals surface area contributed by atoms with Crippen LogP contribution < -0.4 is 36.6 Å². The predicted molar refractivity (Wildman–Crippen MR) is 193 cm³/mol. The van der Waals surface area contributed by atoms with E-state index in [4.69, 9.17) is 4.74 Å². The van der Waals surface area contributed by atoms with Crippen molar-refractivity contribution in [3.63, 3.8) is 0 Å². The quantitative estimate of drug-likeness (QED) is 0.159. The summed E-state index contributed by atoms with van der Waals surface area (Å²) in [6.45, 7) is 8.00. The SMILES string of the molecule is CC.CC.c1ccc(P(c2ccccc2)c2ccccc2Oc2ccccc2P(c2ccccc2)c2ccccc2)cc1. The molecule has 6 aromatic rings. The van der Waals surface area contributed by atoms with E-state index in [0.717, 1.165) is 11.5 Å². The number of rotatable bonds is 8. The maximum atomic E-state index is 6.92. The molecule has 0 aliphatic heterocycles. The summed E-state index contributed by atoms with van der Waals surface area (Å²) in [6.07, 6.45) is 0. The molecule has 0 N–H and O–H groups in total. The minimum Gasteiger partial charge on any atom is -0.456 e. The van der Waals surface area contributed by atoms with Gasteiger partial charge in [-0.2, -0.15) is 0 Å². The maximum absolute atomic E-state index is 6.92. The van der Waals surface area contributed by atoms with E-state index in [1.165, 1.54) is 31.8 Å². The average Bonchev–Trinajstić information content (AvgIpc) is 3.10. The summed E-state index contributed by atoms with van der Waals surface area (Å²) in [6, 6.07) is 60.2. The Labute approximate surface area is 260 Å². The maximum Gasteiger partial charge on any atom is 0.135 e. The van der Waals surface area contributed by atoms with Gasteiger partial charge in [0.15, 0.2) is 0 Å². The first-order chi connectivity index (χ1) is 21.4. The van der Waals surface area contributed by atoms with Crippen LogP contribution in [0.4, 0.5) is 0 Å². The number of hydrogen-bond acceptors (Lipinski definition) is 1. The van der Waals surface area contributed by atoms with E-state index in [2.05, 4.69) is 170 Å². The average molecular weight is 599 g/mol. The molecule has 0 saturated carbocycles. The molecule has 0 bridgehead atoms. The van der Waals surface area contributed by atoms with E-state index >= 15 is 0 Å². The molecular weight excluding hydrogens is 558 g/mol. The molecule has 6 rings (SSSR count). The second-order valence-electron chi connectivity index (χ2n) is 9.05. The highest BCUT2D eigenvalue weighted by molar-refractivity contribution is 7.80. The van der Waals surface area contributed by atoms with Crippen molar-refractivity contribution in [3.8, 4) is 11.5 Å². The van der Waals surface area contributed by atoms with E-state index in [1.807, 2.05) is 27.7 Å². The van der Waals surface area contributed by atoms with Crippen LogP contribution in [0.15, 0.2) is 170 Å². The fourth-order valence-corrected chi connectivity index (χ4v) is 9.48. The molecule has 0 saturated heterocycles. The molecule has 0 aromatic heterocycles. The van der Waals surface area contributed by atoms with E-state index < -0.39 is 15.8 Å². The fraction of sp³-hybridized carbons (Fsp3) is 0.100. The first-order valence-corrected chi connectivity index (χ1v) is 17.7. The molecule has 43 heavy (non-hydrogen) atoms. The van der Waals surface area contributed by atoms with E-state index in [0.29, 0.717) is 0 Å². The molecule has 3 heteroatoms. The molecule has 0 heterocycles. The van der Waals surface area contributed by atoms with Crippen molar-refractivity contribution in [2.75, 3.05) is 0 Å². The van der Waals surface area contributed by atoms with Gasteiger partial charge in [-0.15, -0.1) is 0 Å². The van der Waals surface area contributed by atoms with Gasteiger partial charge in [-0.25, -0.2) is 0 Å². The lowest BCUT2D eigenvalue weighted by molar-refractivity contribution is 0.491. The molecule has 0 amide bonds. The zero-order valence-corrected chi connectivity index (χ0v) is 27.3. The van der Waals surface area contributed by atoms with Gasteiger partial charge in [0.1, 0.15) is 11.5 Å². The third-order valence-electron chi connectivity index (χ3n) is 6.49. The molecular formula is C40H40OP2. The Hall–Kier alpha value is -4.02. The largest absolute Gasteiger partial charge is 0.456 e. The second kappa shape index (κ2) is 17.2. The predicted octanol–water partition coefficient (Wildman–Crippen LogP) is 9.05. The van der Waals surface area contributed by atoms with Crippen LogP contribution in [0.1, 0.15) is 27.7 Å². The van der Waals surface area contributed by atoms with Gasteiger partial charge in [-0.3, -0.25) is 0 Å². The first kappa shape index (κ1) is 31.9. The van der Waals surface area contributed by atoms with Crippen molar-refractivity contribution in [2.45, 2.75) is 27.7 Å². The summed E-state index contributed by atoms with van der Waals surface area (Å²) in [5.74, 6) is 1.81. The minimum absolute atomic E-state index is 0.795. The molecule has 0 aliphatic rings. The van der Waals surface area contributed by atoms with Crippen LogP contribution in [-0.2, 0) is 0 Å². The molecule has 1 nitrogen and oxygen atoms in total. The Bertz CT molecular complexity index is 1420. The van der Waals surface area contributed by atoms with Crippen molar-refractivity contribution in [1.82, 2.24) is 0 Å². The lowest BCUT2D eigenvalue weighted by atomic mass is 10.3. The van der Waals surface area contributed by atoms with Crippen LogP contribution in [-0.4, -0.2) is 0 Å². The van der Waals surface area contributed by atoms with Crippen molar-refractivity contribution in [3.05, 3.63) is 170 Å². The molecule has 0 radical (unpaired) electrons.